The van der Waals surface area contributed by atoms with Gasteiger partial charge in [-0.15, -0.1) is 11.3 Å². The number of amides is 1. The molecule has 0 aliphatic carbocycles. The molecule has 0 spiro atoms. The minimum Gasteiger partial charge on any atom is -0.478 e. The standard InChI is InChI=1S/C13H17NO4S/c1-9(8-18-3)14(2)13(17)11-6-4-10(19-11)5-7-12(15)16/h4-7,9H,8H2,1-3H3,(H,15,16)/b7-5+. The van der Waals surface area contributed by atoms with Crippen molar-refractivity contribution in [2.75, 3.05) is 20.8 Å². The van der Waals surface area contributed by atoms with Crippen molar-refractivity contribution < 1.29 is 19.4 Å². The quantitative estimate of drug-likeness (QED) is 0.810. The van der Waals surface area contributed by atoms with Crippen molar-refractivity contribution in [2.45, 2.75) is 13.0 Å². The number of likely N-dealkylation sites (N-methyl/N-ethyl adjacent to an activating group) is 1. The Morgan fingerprint density at radius 3 is 2.79 bits per heavy atom. The van der Waals surface area contributed by atoms with Crippen molar-refractivity contribution in [3.8, 4) is 0 Å². The fourth-order valence-electron chi connectivity index (χ4n) is 1.44. The van der Waals surface area contributed by atoms with Gasteiger partial charge in [0.25, 0.3) is 5.91 Å². The first-order chi connectivity index (χ1) is 8.95. The Kier molecular flexibility index (Phi) is 5.72. The van der Waals surface area contributed by atoms with Crippen LogP contribution in [0.5, 0.6) is 0 Å². The molecule has 1 amide bonds. The van der Waals surface area contributed by atoms with Crippen molar-refractivity contribution in [3.63, 3.8) is 0 Å². The number of hydrogen-bond acceptors (Lipinski definition) is 4. The van der Waals surface area contributed by atoms with Crippen LogP contribution in [-0.2, 0) is 9.53 Å². The summed E-state index contributed by atoms with van der Waals surface area (Å²) in [5, 5.41) is 8.54. The van der Waals surface area contributed by atoms with E-state index in [1.165, 1.54) is 17.4 Å². The molecule has 0 saturated carbocycles. The maximum atomic E-state index is 12.2. The molecule has 1 N–H and O–H groups in total. The molecule has 0 saturated heterocycles. The van der Waals surface area contributed by atoms with Gasteiger partial charge < -0.3 is 14.7 Å². The van der Waals surface area contributed by atoms with E-state index in [2.05, 4.69) is 0 Å². The highest BCUT2D eigenvalue weighted by Crippen LogP contribution is 2.20. The summed E-state index contributed by atoms with van der Waals surface area (Å²) in [5.74, 6) is -1.10. The summed E-state index contributed by atoms with van der Waals surface area (Å²) >= 11 is 1.26. The average molecular weight is 283 g/mol. The molecule has 1 aromatic rings. The van der Waals surface area contributed by atoms with Crippen LogP contribution in [-0.4, -0.2) is 48.7 Å². The van der Waals surface area contributed by atoms with E-state index in [0.717, 1.165) is 11.0 Å². The van der Waals surface area contributed by atoms with E-state index < -0.39 is 5.97 Å². The summed E-state index contributed by atoms with van der Waals surface area (Å²) < 4.78 is 5.01. The van der Waals surface area contributed by atoms with E-state index in [9.17, 15) is 9.59 Å². The number of thiophene rings is 1. The van der Waals surface area contributed by atoms with E-state index >= 15 is 0 Å². The van der Waals surface area contributed by atoms with Crippen LogP contribution in [0.1, 0.15) is 21.5 Å². The maximum absolute atomic E-state index is 12.2. The molecule has 0 radical (unpaired) electrons. The molecule has 1 heterocycles. The zero-order chi connectivity index (χ0) is 14.4. The van der Waals surface area contributed by atoms with E-state index in [1.54, 1.807) is 31.2 Å². The highest BCUT2D eigenvalue weighted by molar-refractivity contribution is 7.14. The maximum Gasteiger partial charge on any atom is 0.328 e. The van der Waals surface area contributed by atoms with Crippen LogP contribution in [0.4, 0.5) is 0 Å². The van der Waals surface area contributed by atoms with E-state index in [0.29, 0.717) is 11.5 Å². The van der Waals surface area contributed by atoms with Crippen molar-refractivity contribution in [3.05, 3.63) is 28.0 Å². The molecule has 104 valence electrons. The second-order valence-electron chi connectivity index (χ2n) is 4.09. The van der Waals surface area contributed by atoms with Gasteiger partial charge in [0, 0.05) is 25.1 Å². The largest absolute Gasteiger partial charge is 0.478 e. The third kappa shape index (κ3) is 4.50. The van der Waals surface area contributed by atoms with Crippen LogP contribution in [0.25, 0.3) is 6.08 Å². The van der Waals surface area contributed by atoms with Crippen molar-refractivity contribution >= 4 is 29.3 Å². The SMILES string of the molecule is COCC(C)N(C)C(=O)c1ccc(/C=C/C(=O)O)s1. The molecule has 19 heavy (non-hydrogen) atoms. The normalized spacial score (nSPS) is 12.6. The van der Waals surface area contributed by atoms with Gasteiger partial charge >= 0.3 is 5.97 Å². The van der Waals surface area contributed by atoms with Gasteiger partial charge in [-0.2, -0.15) is 0 Å². The zero-order valence-electron chi connectivity index (χ0n) is 11.1. The van der Waals surface area contributed by atoms with E-state index in [4.69, 9.17) is 9.84 Å². The number of hydrogen-bond donors (Lipinski definition) is 1. The number of methoxy groups -OCH3 is 1. The minimum atomic E-state index is -1.01. The van der Waals surface area contributed by atoms with Crippen LogP contribution in [0.15, 0.2) is 18.2 Å². The summed E-state index contributed by atoms with van der Waals surface area (Å²) in [7, 11) is 3.31. The van der Waals surface area contributed by atoms with Gasteiger partial charge in [-0.3, -0.25) is 4.79 Å². The Morgan fingerprint density at radius 1 is 1.53 bits per heavy atom. The molecule has 0 aliphatic heterocycles. The van der Waals surface area contributed by atoms with Crippen molar-refractivity contribution in [1.82, 2.24) is 4.90 Å². The Hall–Kier alpha value is -1.66. The summed E-state index contributed by atoms with van der Waals surface area (Å²) in [6, 6.07) is 3.41. The highest BCUT2D eigenvalue weighted by atomic mass is 32.1. The van der Waals surface area contributed by atoms with Gasteiger partial charge in [-0.25, -0.2) is 4.79 Å². The first-order valence-corrected chi connectivity index (χ1v) is 6.54. The van der Waals surface area contributed by atoms with Gasteiger partial charge in [0.05, 0.1) is 17.5 Å². The molecule has 1 unspecified atom stereocenters. The zero-order valence-corrected chi connectivity index (χ0v) is 11.9. The number of rotatable bonds is 6. The number of nitrogens with zero attached hydrogens (tertiary/aromatic N) is 1. The molecule has 0 fully saturated rings. The lowest BCUT2D eigenvalue weighted by Crippen LogP contribution is -2.37. The molecular formula is C13H17NO4S. The highest BCUT2D eigenvalue weighted by Gasteiger charge is 2.18. The van der Waals surface area contributed by atoms with Crippen LogP contribution < -0.4 is 0 Å². The summed E-state index contributed by atoms with van der Waals surface area (Å²) in [4.78, 5) is 25.5. The molecule has 1 atom stereocenters. The van der Waals surface area contributed by atoms with Crippen molar-refractivity contribution in [2.24, 2.45) is 0 Å². The number of carboxylic acid groups (broad SMARTS) is 1. The molecule has 5 nitrogen and oxygen atoms in total. The van der Waals surface area contributed by atoms with Crippen LogP contribution in [0, 0.1) is 0 Å². The first kappa shape index (κ1) is 15.4. The smallest absolute Gasteiger partial charge is 0.328 e. The van der Waals surface area contributed by atoms with Crippen LogP contribution >= 0.6 is 11.3 Å². The third-order valence-electron chi connectivity index (χ3n) is 2.62. The second-order valence-corrected chi connectivity index (χ2v) is 5.21. The lowest BCUT2D eigenvalue weighted by molar-refractivity contribution is -0.131. The minimum absolute atomic E-state index is 0.0161. The fourth-order valence-corrected chi connectivity index (χ4v) is 2.33. The number of carbonyl (C=O) groups excluding carboxylic acids is 1. The van der Waals surface area contributed by atoms with E-state index in [1.807, 2.05) is 6.92 Å². The molecule has 0 aromatic carbocycles. The Morgan fingerprint density at radius 2 is 2.21 bits per heavy atom. The first-order valence-electron chi connectivity index (χ1n) is 5.72. The third-order valence-corrected chi connectivity index (χ3v) is 3.66. The van der Waals surface area contributed by atoms with Crippen LogP contribution in [0.2, 0.25) is 0 Å². The molecule has 0 aliphatic rings. The lowest BCUT2D eigenvalue weighted by Gasteiger charge is -2.23. The number of aliphatic carboxylic acids is 1. The van der Waals surface area contributed by atoms with Crippen molar-refractivity contribution in [1.29, 1.82) is 0 Å². The van der Waals surface area contributed by atoms with Gasteiger partial charge in [0.1, 0.15) is 0 Å². The Bertz CT molecular complexity index is 481. The number of ether oxygens (including phenoxy) is 1. The molecule has 6 heteroatoms. The summed E-state index contributed by atoms with van der Waals surface area (Å²) in [5.41, 5.74) is 0. The molecule has 1 rings (SSSR count). The molecule has 0 bridgehead atoms. The van der Waals surface area contributed by atoms with Crippen LogP contribution in [0.3, 0.4) is 0 Å². The fraction of sp³-hybridized carbons (Fsp3) is 0.385. The monoisotopic (exact) mass is 283 g/mol. The van der Waals surface area contributed by atoms with Gasteiger partial charge in [-0.05, 0) is 25.1 Å². The number of carboxylic acids is 1. The Labute approximate surface area is 116 Å². The number of carbonyl (C=O) groups is 2. The molecular weight excluding hydrogens is 266 g/mol. The predicted octanol–water partition coefficient (Wildman–Crippen LogP) is 1.95. The van der Waals surface area contributed by atoms with Gasteiger partial charge in [-0.1, -0.05) is 0 Å². The van der Waals surface area contributed by atoms with Gasteiger partial charge in [0.15, 0.2) is 0 Å². The lowest BCUT2D eigenvalue weighted by atomic mass is 10.3. The Balaban J connectivity index is 2.75. The summed E-state index contributed by atoms with van der Waals surface area (Å²) in [6.07, 6.45) is 2.53. The summed E-state index contributed by atoms with van der Waals surface area (Å²) in [6.45, 7) is 2.37. The molecule has 1 aromatic heterocycles. The second kappa shape index (κ2) is 7.06. The topological polar surface area (TPSA) is 66.8 Å². The predicted molar refractivity (Wildman–Crippen MR) is 74.4 cm³/mol. The average Bonchev–Trinajstić information content (AvgIpc) is 2.83. The van der Waals surface area contributed by atoms with Gasteiger partial charge in [0.2, 0.25) is 0 Å². The van der Waals surface area contributed by atoms with E-state index in [-0.39, 0.29) is 11.9 Å².